The van der Waals surface area contributed by atoms with Gasteiger partial charge in [0.05, 0.1) is 37.8 Å². The van der Waals surface area contributed by atoms with Crippen LogP contribution in [0, 0.1) is 5.82 Å². The molecule has 7 nitrogen and oxygen atoms in total. The number of benzene rings is 3. The van der Waals surface area contributed by atoms with Crippen molar-refractivity contribution in [2.24, 2.45) is 0 Å². The highest BCUT2D eigenvalue weighted by Gasteiger charge is 2.42. The first-order valence-corrected chi connectivity index (χ1v) is 12.0. The zero-order chi connectivity index (χ0) is 26.1. The van der Waals surface area contributed by atoms with Crippen LogP contribution in [0.3, 0.4) is 0 Å². The van der Waals surface area contributed by atoms with Gasteiger partial charge in [0.15, 0.2) is 16.9 Å². The average molecular weight is 504 g/mol. The summed E-state index contributed by atoms with van der Waals surface area (Å²) < 4.78 is 36.3. The summed E-state index contributed by atoms with van der Waals surface area (Å²) >= 11 is 0. The highest BCUT2D eigenvalue weighted by molar-refractivity contribution is 5.99. The molecule has 1 aromatic heterocycles. The molecule has 37 heavy (non-hydrogen) atoms. The van der Waals surface area contributed by atoms with Crippen LogP contribution in [-0.4, -0.2) is 38.2 Å². The third-order valence-electron chi connectivity index (χ3n) is 6.50. The van der Waals surface area contributed by atoms with E-state index in [0.29, 0.717) is 42.4 Å². The van der Waals surface area contributed by atoms with Crippen molar-refractivity contribution in [1.82, 2.24) is 4.90 Å². The molecule has 1 aliphatic rings. The molecule has 2 heterocycles. The lowest BCUT2D eigenvalue weighted by molar-refractivity contribution is 0.0729. The van der Waals surface area contributed by atoms with E-state index < -0.39 is 23.2 Å². The average Bonchev–Trinajstić information content (AvgIpc) is 3.19. The molecule has 0 spiro atoms. The minimum atomic E-state index is -0.716. The maximum absolute atomic E-state index is 14.0. The molecule has 0 fully saturated rings. The Hall–Kier alpha value is -4.33. The van der Waals surface area contributed by atoms with Crippen LogP contribution in [0.1, 0.15) is 40.2 Å². The maximum atomic E-state index is 14.0. The van der Waals surface area contributed by atoms with Crippen molar-refractivity contribution in [3.8, 4) is 17.2 Å². The fourth-order valence-electron chi connectivity index (χ4n) is 4.80. The molecule has 0 N–H and O–H groups in total. The Kier molecular flexibility index (Phi) is 6.56. The third kappa shape index (κ3) is 4.39. The van der Waals surface area contributed by atoms with E-state index >= 15 is 0 Å². The number of amides is 1. The Balaban J connectivity index is 1.60. The van der Waals surface area contributed by atoms with E-state index in [0.717, 1.165) is 11.6 Å². The molecular weight excluding hydrogens is 477 g/mol. The molecule has 1 atom stereocenters. The van der Waals surface area contributed by atoms with Gasteiger partial charge >= 0.3 is 0 Å². The predicted molar refractivity (Wildman–Crippen MR) is 136 cm³/mol. The number of fused-ring (bicyclic) bond motifs is 2. The lowest BCUT2D eigenvalue weighted by atomic mass is 9.98. The molecule has 5 rings (SSSR count). The molecule has 8 heteroatoms. The van der Waals surface area contributed by atoms with Crippen LogP contribution in [0.15, 0.2) is 69.9 Å². The summed E-state index contributed by atoms with van der Waals surface area (Å²) in [6.07, 6.45) is 0.490. The summed E-state index contributed by atoms with van der Waals surface area (Å²) in [5.41, 5.74) is 1.57. The maximum Gasteiger partial charge on any atom is 0.290 e. The fourth-order valence-corrected chi connectivity index (χ4v) is 4.80. The van der Waals surface area contributed by atoms with Crippen LogP contribution in [-0.2, 0) is 6.42 Å². The highest BCUT2D eigenvalue weighted by Crippen LogP contribution is 2.39. The second-order valence-corrected chi connectivity index (χ2v) is 8.66. The highest BCUT2D eigenvalue weighted by atomic mass is 19.1. The Bertz CT molecular complexity index is 1550. The van der Waals surface area contributed by atoms with Gasteiger partial charge in [-0.1, -0.05) is 18.2 Å². The lowest BCUT2D eigenvalue weighted by Gasteiger charge is -2.25. The van der Waals surface area contributed by atoms with Crippen molar-refractivity contribution >= 4 is 16.9 Å². The number of carbonyl (C=O) groups excluding carboxylic acids is 1. The van der Waals surface area contributed by atoms with E-state index in [1.165, 1.54) is 12.1 Å². The smallest absolute Gasteiger partial charge is 0.290 e. The number of carbonyl (C=O) groups is 1. The van der Waals surface area contributed by atoms with Gasteiger partial charge in [-0.15, -0.1) is 0 Å². The zero-order valence-electron chi connectivity index (χ0n) is 20.7. The molecule has 190 valence electrons. The second-order valence-electron chi connectivity index (χ2n) is 8.66. The van der Waals surface area contributed by atoms with Crippen molar-refractivity contribution in [2.45, 2.75) is 19.4 Å². The number of hydrogen-bond donors (Lipinski definition) is 0. The number of nitrogens with zero attached hydrogens (tertiary/aromatic N) is 1. The fraction of sp³-hybridized carbons (Fsp3) is 0.241. The van der Waals surface area contributed by atoms with E-state index in [9.17, 15) is 14.0 Å². The number of ether oxygens (including phenoxy) is 3. The summed E-state index contributed by atoms with van der Waals surface area (Å²) in [5.74, 6) is 0.840. The number of hydrogen-bond acceptors (Lipinski definition) is 6. The van der Waals surface area contributed by atoms with Crippen LogP contribution in [0.25, 0.3) is 11.0 Å². The molecule has 3 aromatic carbocycles. The molecule has 1 amide bonds. The van der Waals surface area contributed by atoms with Gasteiger partial charge in [-0.3, -0.25) is 9.59 Å². The van der Waals surface area contributed by atoms with Gasteiger partial charge < -0.3 is 23.5 Å². The summed E-state index contributed by atoms with van der Waals surface area (Å²) in [6, 6.07) is 15.9. The van der Waals surface area contributed by atoms with Crippen LogP contribution < -0.4 is 19.6 Å². The first-order valence-electron chi connectivity index (χ1n) is 12.0. The van der Waals surface area contributed by atoms with Gasteiger partial charge in [-0.2, -0.15) is 0 Å². The summed E-state index contributed by atoms with van der Waals surface area (Å²) in [4.78, 5) is 28.9. The van der Waals surface area contributed by atoms with Gasteiger partial charge in [-0.05, 0) is 66.9 Å². The van der Waals surface area contributed by atoms with Crippen molar-refractivity contribution in [1.29, 1.82) is 0 Å². The summed E-state index contributed by atoms with van der Waals surface area (Å²) in [6.45, 7) is 2.65. The predicted octanol–water partition coefficient (Wildman–Crippen LogP) is 5.14. The van der Waals surface area contributed by atoms with Crippen LogP contribution in [0.2, 0.25) is 0 Å². The Morgan fingerprint density at radius 1 is 0.973 bits per heavy atom. The monoisotopic (exact) mass is 503 g/mol. The number of rotatable bonds is 8. The minimum Gasteiger partial charge on any atom is -0.494 e. The van der Waals surface area contributed by atoms with Crippen molar-refractivity contribution in [3.05, 3.63) is 99.2 Å². The van der Waals surface area contributed by atoms with Gasteiger partial charge in [0.25, 0.3) is 5.91 Å². The van der Waals surface area contributed by atoms with Crippen LogP contribution in [0.4, 0.5) is 4.39 Å². The first-order chi connectivity index (χ1) is 17.9. The quantitative estimate of drug-likeness (QED) is 0.332. The number of methoxy groups -OCH3 is 2. The first kappa shape index (κ1) is 24.4. The van der Waals surface area contributed by atoms with Gasteiger partial charge in [0, 0.05) is 6.54 Å². The SMILES string of the molecule is CCOc1cccc(C2c3c(oc4ccc(F)cc4c3=O)C(=O)N2CCc2ccc(OC)c(OC)c2)c1. The minimum absolute atomic E-state index is 0.0248. The number of halogens is 1. The topological polar surface area (TPSA) is 78.2 Å². The van der Waals surface area contributed by atoms with Gasteiger partial charge in [-0.25, -0.2) is 4.39 Å². The molecule has 0 radical (unpaired) electrons. The van der Waals surface area contributed by atoms with E-state index in [1.807, 2.05) is 49.4 Å². The molecule has 0 saturated heterocycles. The molecule has 0 aliphatic carbocycles. The second kappa shape index (κ2) is 9.97. The molecule has 1 aliphatic heterocycles. The normalized spacial score (nSPS) is 14.6. The molecular formula is C29H26FNO6. The van der Waals surface area contributed by atoms with E-state index in [1.54, 1.807) is 19.1 Å². The third-order valence-corrected chi connectivity index (χ3v) is 6.50. The van der Waals surface area contributed by atoms with Crippen LogP contribution in [0.5, 0.6) is 17.2 Å². The Morgan fingerprint density at radius 2 is 1.78 bits per heavy atom. The molecule has 0 saturated carbocycles. The standard InChI is InChI=1S/C29H26FNO6/c1-4-36-20-7-5-6-18(15-20)26-25-27(32)21-16-19(30)9-11-22(21)37-28(25)29(33)31(26)13-12-17-8-10-23(34-2)24(14-17)35-3/h5-11,14-16,26H,4,12-13H2,1-3H3. The Labute approximate surface area is 213 Å². The Morgan fingerprint density at radius 3 is 2.54 bits per heavy atom. The molecule has 1 unspecified atom stereocenters. The van der Waals surface area contributed by atoms with Crippen LogP contribution >= 0.6 is 0 Å². The largest absolute Gasteiger partial charge is 0.494 e. The van der Waals surface area contributed by atoms with E-state index in [-0.39, 0.29) is 22.3 Å². The van der Waals surface area contributed by atoms with Gasteiger partial charge in [0.2, 0.25) is 5.76 Å². The van der Waals surface area contributed by atoms with E-state index in [2.05, 4.69) is 0 Å². The summed E-state index contributed by atoms with van der Waals surface area (Å²) in [5, 5.41) is 0.0965. The van der Waals surface area contributed by atoms with Crippen molar-refractivity contribution in [2.75, 3.05) is 27.4 Å². The van der Waals surface area contributed by atoms with Gasteiger partial charge in [0.1, 0.15) is 17.1 Å². The summed E-state index contributed by atoms with van der Waals surface area (Å²) in [7, 11) is 3.13. The molecule has 0 bridgehead atoms. The lowest BCUT2D eigenvalue weighted by Crippen LogP contribution is -2.31. The van der Waals surface area contributed by atoms with Crippen molar-refractivity contribution < 1.29 is 27.8 Å². The zero-order valence-corrected chi connectivity index (χ0v) is 20.7. The van der Waals surface area contributed by atoms with E-state index in [4.69, 9.17) is 18.6 Å². The van der Waals surface area contributed by atoms with Crippen molar-refractivity contribution in [3.63, 3.8) is 0 Å². The molecule has 4 aromatic rings.